The van der Waals surface area contributed by atoms with E-state index in [9.17, 15) is 4.79 Å². The maximum absolute atomic E-state index is 11.6. The van der Waals surface area contributed by atoms with Crippen molar-refractivity contribution in [3.63, 3.8) is 0 Å². The number of carbonyl (C=O) groups is 1. The summed E-state index contributed by atoms with van der Waals surface area (Å²) in [6.07, 6.45) is 2.76. The third-order valence-corrected chi connectivity index (χ3v) is 2.51. The fraction of sp³-hybridized carbons (Fsp3) is 0.364. The van der Waals surface area contributed by atoms with Gasteiger partial charge >= 0.3 is 0 Å². The van der Waals surface area contributed by atoms with Crippen molar-refractivity contribution in [2.75, 3.05) is 17.2 Å². The summed E-state index contributed by atoms with van der Waals surface area (Å²) in [4.78, 5) is 13.4. The molecule has 0 radical (unpaired) electrons. The number of hydrogen-bond acceptors (Lipinski definition) is 2. The van der Waals surface area contributed by atoms with Gasteiger partial charge in [-0.1, -0.05) is 6.07 Å². The first kappa shape index (κ1) is 9.06. The van der Waals surface area contributed by atoms with Gasteiger partial charge in [0.1, 0.15) is 0 Å². The second-order valence-corrected chi connectivity index (χ2v) is 3.60. The summed E-state index contributed by atoms with van der Waals surface area (Å²) >= 11 is 0. The average Bonchev–Trinajstić information content (AvgIpc) is 2.18. The summed E-state index contributed by atoms with van der Waals surface area (Å²) in [5.74, 6) is 0.210. The van der Waals surface area contributed by atoms with E-state index in [1.165, 1.54) is 0 Å². The lowest BCUT2D eigenvalue weighted by Gasteiger charge is -2.26. The van der Waals surface area contributed by atoms with Crippen LogP contribution in [0.1, 0.15) is 19.3 Å². The molecule has 2 N–H and O–H groups in total. The lowest BCUT2D eigenvalue weighted by molar-refractivity contribution is -0.119. The molecule has 14 heavy (non-hydrogen) atoms. The first-order valence-electron chi connectivity index (χ1n) is 4.93. The summed E-state index contributed by atoms with van der Waals surface area (Å²) in [7, 11) is 0. The maximum Gasteiger partial charge on any atom is 0.226 e. The minimum absolute atomic E-state index is 0.210. The topological polar surface area (TPSA) is 46.3 Å². The van der Waals surface area contributed by atoms with Crippen molar-refractivity contribution in [1.82, 2.24) is 0 Å². The number of piperidine rings is 1. The number of rotatable bonds is 1. The third kappa shape index (κ3) is 1.71. The lowest BCUT2D eigenvalue weighted by atomic mass is 10.1. The number of hydrogen-bond donors (Lipinski definition) is 1. The Morgan fingerprint density at radius 1 is 1.29 bits per heavy atom. The van der Waals surface area contributed by atoms with Crippen LogP contribution in [0.2, 0.25) is 0 Å². The van der Waals surface area contributed by atoms with Gasteiger partial charge in [-0.15, -0.1) is 0 Å². The van der Waals surface area contributed by atoms with Gasteiger partial charge in [0.15, 0.2) is 0 Å². The van der Waals surface area contributed by atoms with Crippen molar-refractivity contribution < 1.29 is 4.79 Å². The zero-order chi connectivity index (χ0) is 9.97. The van der Waals surface area contributed by atoms with Crippen LogP contribution in [0.25, 0.3) is 0 Å². The van der Waals surface area contributed by atoms with E-state index in [2.05, 4.69) is 0 Å². The molecule has 0 atom stereocenters. The SMILES string of the molecule is Nc1cccc(N2CCCCC2=O)c1. The van der Waals surface area contributed by atoms with Crippen molar-refractivity contribution in [1.29, 1.82) is 0 Å². The van der Waals surface area contributed by atoms with Gasteiger partial charge in [-0.05, 0) is 31.0 Å². The van der Waals surface area contributed by atoms with E-state index in [4.69, 9.17) is 5.73 Å². The zero-order valence-corrected chi connectivity index (χ0v) is 8.07. The fourth-order valence-corrected chi connectivity index (χ4v) is 1.77. The van der Waals surface area contributed by atoms with E-state index in [1.54, 1.807) is 0 Å². The van der Waals surface area contributed by atoms with E-state index in [0.29, 0.717) is 12.1 Å². The van der Waals surface area contributed by atoms with Crippen molar-refractivity contribution in [2.24, 2.45) is 0 Å². The zero-order valence-electron chi connectivity index (χ0n) is 8.07. The highest BCUT2D eigenvalue weighted by atomic mass is 16.2. The minimum Gasteiger partial charge on any atom is -0.399 e. The van der Waals surface area contributed by atoms with Crippen LogP contribution >= 0.6 is 0 Å². The summed E-state index contributed by atoms with van der Waals surface area (Å²) in [5.41, 5.74) is 7.31. The van der Waals surface area contributed by atoms with Gasteiger partial charge in [-0.3, -0.25) is 4.79 Å². The van der Waals surface area contributed by atoms with Crippen LogP contribution in [-0.2, 0) is 4.79 Å². The molecule has 1 aromatic rings. The molecule has 0 unspecified atom stereocenters. The lowest BCUT2D eigenvalue weighted by Crippen LogP contribution is -2.35. The van der Waals surface area contributed by atoms with Crippen LogP contribution in [0.3, 0.4) is 0 Å². The summed E-state index contributed by atoms with van der Waals surface area (Å²) in [5, 5.41) is 0. The van der Waals surface area contributed by atoms with E-state index >= 15 is 0 Å². The molecule has 1 aliphatic rings. The number of nitrogens with two attached hydrogens (primary N) is 1. The Balaban J connectivity index is 2.24. The molecular formula is C11H14N2O. The molecule has 74 valence electrons. The molecular weight excluding hydrogens is 176 g/mol. The molecule has 2 rings (SSSR count). The van der Waals surface area contributed by atoms with Gasteiger partial charge < -0.3 is 10.6 Å². The van der Waals surface area contributed by atoms with Crippen LogP contribution in [0, 0.1) is 0 Å². The highest BCUT2D eigenvalue weighted by Gasteiger charge is 2.19. The van der Waals surface area contributed by atoms with Gasteiger partial charge in [-0.25, -0.2) is 0 Å². The predicted octanol–water partition coefficient (Wildman–Crippen LogP) is 1.79. The second kappa shape index (κ2) is 3.70. The quantitative estimate of drug-likeness (QED) is 0.686. The molecule has 1 amide bonds. The number of nitrogens with zero attached hydrogens (tertiary/aromatic N) is 1. The molecule has 1 heterocycles. The molecule has 0 bridgehead atoms. The number of amides is 1. The van der Waals surface area contributed by atoms with Gasteiger partial charge in [0, 0.05) is 24.3 Å². The molecule has 0 spiro atoms. The van der Waals surface area contributed by atoms with Crippen molar-refractivity contribution in [3.8, 4) is 0 Å². The second-order valence-electron chi connectivity index (χ2n) is 3.60. The highest BCUT2D eigenvalue weighted by Crippen LogP contribution is 2.22. The summed E-state index contributed by atoms with van der Waals surface area (Å²) < 4.78 is 0. The van der Waals surface area contributed by atoms with Gasteiger partial charge in [-0.2, -0.15) is 0 Å². The first-order valence-corrected chi connectivity index (χ1v) is 4.93. The molecule has 1 fully saturated rings. The van der Waals surface area contributed by atoms with Gasteiger partial charge in [0.05, 0.1) is 0 Å². The Kier molecular flexibility index (Phi) is 2.39. The molecule has 0 aromatic heterocycles. The van der Waals surface area contributed by atoms with Gasteiger partial charge in [0.2, 0.25) is 5.91 Å². The minimum atomic E-state index is 0.210. The van der Waals surface area contributed by atoms with Crippen molar-refractivity contribution >= 4 is 17.3 Å². The van der Waals surface area contributed by atoms with Crippen molar-refractivity contribution in [2.45, 2.75) is 19.3 Å². The normalized spacial score (nSPS) is 17.1. The Morgan fingerprint density at radius 3 is 2.86 bits per heavy atom. The predicted molar refractivity (Wildman–Crippen MR) is 57.1 cm³/mol. The summed E-state index contributed by atoms with van der Waals surface area (Å²) in [6.45, 7) is 0.822. The largest absolute Gasteiger partial charge is 0.399 e. The number of anilines is 2. The third-order valence-electron chi connectivity index (χ3n) is 2.51. The van der Waals surface area contributed by atoms with Gasteiger partial charge in [0.25, 0.3) is 0 Å². The standard InChI is InChI=1S/C11H14N2O/c12-9-4-3-5-10(8-9)13-7-2-1-6-11(13)14/h3-5,8H,1-2,6-7,12H2. The fourth-order valence-electron chi connectivity index (χ4n) is 1.77. The molecule has 3 nitrogen and oxygen atoms in total. The van der Waals surface area contributed by atoms with E-state index < -0.39 is 0 Å². The molecule has 1 saturated heterocycles. The smallest absolute Gasteiger partial charge is 0.226 e. The van der Waals surface area contributed by atoms with E-state index in [1.807, 2.05) is 29.2 Å². The van der Waals surface area contributed by atoms with Crippen LogP contribution in [0.15, 0.2) is 24.3 Å². The van der Waals surface area contributed by atoms with E-state index in [-0.39, 0.29) is 5.91 Å². The first-order chi connectivity index (χ1) is 6.77. The van der Waals surface area contributed by atoms with Crippen LogP contribution in [0.4, 0.5) is 11.4 Å². The number of benzene rings is 1. The number of carbonyl (C=O) groups excluding carboxylic acids is 1. The highest BCUT2D eigenvalue weighted by molar-refractivity contribution is 5.94. The Labute approximate surface area is 83.5 Å². The van der Waals surface area contributed by atoms with Crippen LogP contribution < -0.4 is 10.6 Å². The molecule has 1 aromatic carbocycles. The Bertz CT molecular complexity index is 349. The average molecular weight is 190 g/mol. The molecule has 0 saturated carbocycles. The Morgan fingerprint density at radius 2 is 2.14 bits per heavy atom. The van der Waals surface area contributed by atoms with Crippen molar-refractivity contribution in [3.05, 3.63) is 24.3 Å². The van der Waals surface area contributed by atoms with Crippen LogP contribution in [-0.4, -0.2) is 12.5 Å². The Hall–Kier alpha value is -1.51. The van der Waals surface area contributed by atoms with E-state index in [0.717, 1.165) is 25.1 Å². The maximum atomic E-state index is 11.6. The molecule has 3 heteroatoms. The summed E-state index contributed by atoms with van der Waals surface area (Å²) in [6, 6.07) is 7.49. The monoisotopic (exact) mass is 190 g/mol. The van der Waals surface area contributed by atoms with Crippen LogP contribution in [0.5, 0.6) is 0 Å². The molecule has 1 aliphatic heterocycles. The number of nitrogen functional groups attached to an aromatic ring is 1. The molecule has 0 aliphatic carbocycles.